The van der Waals surface area contributed by atoms with E-state index in [-0.39, 0.29) is 12.1 Å². The summed E-state index contributed by atoms with van der Waals surface area (Å²) in [4.78, 5) is 14.0. The van der Waals surface area contributed by atoms with E-state index in [0.29, 0.717) is 39.4 Å². The van der Waals surface area contributed by atoms with E-state index in [1.807, 2.05) is 11.5 Å². The third-order valence-corrected chi connectivity index (χ3v) is 3.37. The molecule has 1 saturated heterocycles. The highest BCUT2D eigenvalue weighted by Gasteiger charge is 2.19. The van der Waals surface area contributed by atoms with Gasteiger partial charge in [0, 0.05) is 33.4 Å². The van der Waals surface area contributed by atoms with Crippen molar-refractivity contribution < 1.29 is 14.3 Å². The Morgan fingerprint density at radius 1 is 1.62 bits per heavy atom. The van der Waals surface area contributed by atoms with Crippen LogP contribution in [0, 0.1) is 0 Å². The zero-order valence-electron chi connectivity index (χ0n) is 12.6. The van der Waals surface area contributed by atoms with Crippen LogP contribution in [0.3, 0.4) is 0 Å². The topological polar surface area (TPSA) is 81.5 Å². The molecule has 8 heteroatoms. The number of methoxy groups -OCH3 is 1. The average molecular weight is 297 g/mol. The molecule has 1 aromatic rings. The fraction of sp³-hybridized carbons (Fsp3) is 0.769. The van der Waals surface area contributed by atoms with Crippen LogP contribution in [0.15, 0.2) is 6.33 Å². The summed E-state index contributed by atoms with van der Waals surface area (Å²) in [5, 5.41) is 10.8. The van der Waals surface area contributed by atoms with E-state index < -0.39 is 0 Å². The van der Waals surface area contributed by atoms with Crippen LogP contribution in [-0.4, -0.2) is 65.2 Å². The Hall–Kier alpha value is -1.67. The highest BCUT2D eigenvalue weighted by Crippen LogP contribution is 2.05. The van der Waals surface area contributed by atoms with Gasteiger partial charge in [-0.05, 0) is 13.3 Å². The molecule has 0 bridgehead atoms. The second kappa shape index (κ2) is 7.94. The van der Waals surface area contributed by atoms with Gasteiger partial charge in [0.05, 0.1) is 19.3 Å². The van der Waals surface area contributed by atoms with Crippen molar-refractivity contribution in [1.29, 1.82) is 0 Å². The largest absolute Gasteiger partial charge is 0.383 e. The lowest BCUT2D eigenvalue weighted by molar-refractivity contribution is 0.0710. The molecular weight excluding hydrogens is 274 g/mol. The number of carbonyl (C=O) groups is 1. The van der Waals surface area contributed by atoms with Gasteiger partial charge in [0.2, 0.25) is 0 Å². The lowest BCUT2D eigenvalue weighted by Gasteiger charge is -2.22. The lowest BCUT2D eigenvalue weighted by Crippen LogP contribution is -2.42. The normalized spacial score (nSPS) is 19.3. The molecule has 21 heavy (non-hydrogen) atoms. The van der Waals surface area contributed by atoms with Crippen molar-refractivity contribution in [3.05, 3.63) is 12.2 Å². The van der Waals surface area contributed by atoms with Gasteiger partial charge in [-0.1, -0.05) is 0 Å². The summed E-state index contributed by atoms with van der Waals surface area (Å²) < 4.78 is 12.4. The first-order valence-electron chi connectivity index (χ1n) is 7.20. The number of ether oxygens (including phenoxy) is 2. The van der Waals surface area contributed by atoms with E-state index in [1.54, 1.807) is 18.3 Å². The molecule has 1 N–H and O–H groups in total. The maximum atomic E-state index is 12.2. The molecule has 118 valence electrons. The molecule has 0 saturated carbocycles. The van der Waals surface area contributed by atoms with Gasteiger partial charge in [-0.2, -0.15) is 0 Å². The van der Waals surface area contributed by atoms with Crippen molar-refractivity contribution in [2.75, 3.05) is 33.4 Å². The monoisotopic (exact) mass is 297 g/mol. The van der Waals surface area contributed by atoms with Gasteiger partial charge in [-0.25, -0.2) is 4.79 Å². The molecular formula is C13H23N5O3. The summed E-state index contributed by atoms with van der Waals surface area (Å²) in [5.41, 5.74) is 0. The van der Waals surface area contributed by atoms with Crippen LogP contribution in [0.4, 0.5) is 4.79 Å². The van der Waals surface area contributed by atoms with Gasteiger partial charge >= 0.3 is 6.03 Å². The van der Waals surface area contributed by atoms with E-state index in [1.165, 1.54) is 0 Å². The molecule has 0 aromatic carbocycles. The second-order valence-electron chi connectivity index (χ2n) is 5.07. The van der Waals surface area contributed by atoms with E-state index in [9.17, 15) is 4.79 Å². The number of urea groups is 1. The maximum Gasteiger partial charge on any atom is 0.317 e. The van der Waals surface area contributed by atoms with Gasteiger partial charge in [-0.15, -0.1) is 10.2 Å². The predicted molar refractivity (Wildman–Crippen MR) is 75.7 cm³/mol. The molecule has 0 unspecified atom stereocenters. The Labute approximate surface area is 124 Å². The highest BCUT2D eigenvalue weighted by molar-refractivity contribution is 5.74. The van der Waals surface area contributed by atoms with Crippen LogP contribution in [-0.2, 0) is 22.6 Å². The molecule has 0 radical (unpaired) electrons. The van der Waals surface area contributed by atoms with E-state index in [4.69, 9.17) is 9.47 Å². The molecule has 1 aliphatic rings. The number of hydrogen-bond acceptors (Lipinski definition) is 5. The summed E-state index contributed by atoms with van der Waals surface area (Å²) >= 11 is 0. The molecule has 2 amide bonds. The Bertz CT molecular complexity index is 451. The van der Waals surface area contributed by atoms with E-state index in [2.05, 4.69) is 15.5 Å². The van der Waals surface area contributed by atoms with Crippen LogP contribution in [0.1, 0.15) is 19.2 Å². The quantitative estimate of drug-likeness (QED) is 0.842. The zero-order chi connectivity index (χ0) is 15.1. The van der Waals surface area contributed by atoms with Crippen LogP contribution < -0.4 is 5.32 Å². The number of carbonyl (C=O) groups excluding carboxylic acids is 1. The summed E-state index contributed by atoms with van der Waals surface area (Å²) in [6.45, 7) is 5.62. The zero-order valence-corrected chi connectivity index (χ0v) is 12.6. The first-order valence-corrected chi connectivity index (χ1v) is 7.20. The minimum atomic E-state index is -0.0892. The fourth-order valence-electron chi connectivity index (χ4n) is 2.24. The van der Waals surface area contributed by atoms with E-state index in [0.717, 1.165) is 12.2 Å². The average Bonchev–Trinajstić information content (AvgIpc) is 2.81. The smallest absolute Gasteiger partial charge is 0.317 e. The second-order valence-corrected chi connectivity index (χ2v) is 5.07. The summed E-state index contributed by atoms with van der Waals surface area (Å²) in [6.07, 6.45) is 2.58. The molecule has 2 heterocycles. The number of nitrogens with one attached hydrogen (secondary N) is 1. The third kappa shape index (κ3) is 4.68. The number of nitrogens with zero attached hydrogens (tertiary/aromatic N) is 4. The Kier molecular flexibility index (Phi) is 5.94. The van der Waals surface area contributed by atoms with Gasteiger partial charge in [0.25, 0.3) is 0 Å². The van der Waals surface area contributed by atoms with Gasteiger partial charge in [-0.3, -0.25) is 0 Å². The van der Waals surface area contributed by atoms with Crippen molar-refractivity contribution in [2.24, 2.45) is 0 Å². The van der Waals surface area contributed by atoms with Crippen LogP contribution in [0.2, 0.25) is 0 Å². The molecule has 1 atom stereocenters. The predicted octanol–water partition coefficient (Wildman–Crippen LogP) is 0.245. The molecule has 1 fully saturated rings. The minimum absolute atomic E-state index is 0.0728. The van der Waals surface area contributed by atoms with Gasteiger partial charge < -0.3 is 24.3 Å². The fourth-order valence-corrected chi connectivity index (χ4v) is 2.24. The van der Waals surface area contributed by atoms with Gasteiger partial charge in [0.15, 0.2) is 5.82 Å². The summed E-state index contributed by atoms with van der Waals surface area (Å²) in [6, 6.07) is -0.0892. The standard InChI is InChI=1S/C13H23N5O3/c1-11-9-17(4-3-6-21-11)13(19)14-8-12-16-15-10-18(12)5-7-20-2/h10-11H,3-9H2,1-2H3,(H,14,19)/t11-/m1/s1. The third-order valence-electron chi connectivity index (χ3n) is 3.37. The summed E-state index contributed by atoms with van der Waals surface area (Å²) in [7, 11) is 1.65. The van der Waals surface area contributed by atoms with Crippen LogP contribution in [0.5, 0.6) is 0 Å². The van der Waals surface area contributed by atoms with Crippen molar-refractivity contribution in [2.45, 2.75) is 32.5 Å². The maximum absolute atomic E-state index is 12.2. The molecule has 0 spiro atoms. The molecule has 2 rings (SSSR count). The molecule has 1 aliphatic heterocycles. The Morgan fingerprint density at radius 3 is 3.29 bits per heavy atom. The van der Waals surface area contributed by atoms with Crippen LogP contribution >= 0.6 is 0 Å². The van der Waals surface area contributed by atoms with E-state index >= 15 is 0 Å². The minimum Gasteiger partial charge on any atom is -0.383 e. The lowest BCUT2D eigenvalue weighted by atomic mass is 10.3. The number of hydrogen-bond donors (Lipinski definition) is 1. The number of aromatic nitrogens is 3. The molecule has 8 nitrogen and oxygen atoms in total. The van der Waals surface area contributed by atoms with Crippen LogP contribution in [0.25, 0.3) is 0 Å². The Morgan fingerprint density at radius 2 is 2.48 bits per heavy atom. The number of amides is 2. The first kappa shape index (κ1) is 15.7. The van der Waals surface area contributed by atoms with Gasteiger partial charge in [0.1, 0.15) is 6.33 Å². The molecule has 0 aliphatic carbocycles. The molecule has 1 aromatic heterocycles. The Balaban J connectivity index is 1.84. The van der Waals surface area contributed by atoms with Crippen molar-refractivity contribution in [3.63, 3.8) is 0 Å². The van der Waals surface area contributed by atoms with Crippen molar-refractivity contribution >= 4 is 6.03 Å². The summed E-state index contributed by atoms with van der Waals surface area (Å²) in [5.74, 6) is 0.722. The van der Waals surface area contributed by atoms with Crippen molar-refractivity contribution in [1.82, 2.24) is 25.0 Å². The highest BCUT2D eigenvalue weighted by atomic mass is 16.5. The SMILES string of the molecule is COCCn1cnnc1CNC(=O)N1CCCO[C@H](C)C1. The number of rotatable bonds is 5. The first-order chi connectivity index (χ1) is 10.2. The van der Waals surface area contributed by atoms with Crippen molar-refractivity contribution in [3.8, 4) is 0 Å².